The lowest BCUT2D eigenvalue weighted by Gasteiger charge is -2.60. The van der Waals surface area contributed by atoms with Crippen LogP contribution < -0.4 is 0 Å². The van der Waals surface area contributed by atoms with Gasteiger partial charge in [-0.25, -0.2) is 0 Å². The van der Waals surface area contributed by atoms with E-state index in [4.69, 9.17) is 5.11 Å². The van der Waals surface area contributed by atoms with E-state index in [-0.39, 0.29) is 41.3 Å². The topological polar surface area (TPSA) is 91.7 Å². The van der Waals surface area contributed by atoms with Crippen LogP contribution in [0.2, 0.25) is 0 Å². The zero-order valence-electron chi connectivity index (χ0n) is 18.1. The second-order valence-corrected chi connectivity index (χ2v) is 11.7. The highest BCUT2D eigenvalue weighted by molar-refractivity contribution is 7.99. The molecule has 3 fully saturated rings. The number of Topliss-reactive ketones (excluding diaryl/α,β-unsaturated/α-hetero) is 1. The molecule has 0 aliphatic heterocycles. The largest absolute Gasteiger partial charge is 0.481 e. The van der Waals surface area contributed by atoms with Crippen LogP contribution in [0.1, 0.15) is 65.2 Å². The molecule has 0 radical (unpaired) electrons. The molecule has 5 nitrogen and oxygen atoms in total. The number of carbonyl (C=O) groups excluding carboxylic acids is 2. The molecule has 0 spiro atoms. The van der Waals surface area contributed by atoms with Gasteiger partial charge in [0.2, 0.25) is 0 Å². The SMILES string of the molecule is C[C@]12CCC(=O)C=C1C[C@@H](SCCC(=O)O)C1C2CC[C@@]2(C)C1CC[C@@H]2C(=O)CO. The molecule has 6 heteroatoms. The van der Waals surface area contributed by atoms with Crippen LogP contribution in [0.4, 0.5) is 0 Å². The Morgan fingerprint density at radius 3 is 2.63 bits per heavy atom. The first-order valence-corrected chi connectivity index (χ1v) is 12.5. The molecule has 0 aromatic heterocycles. The van der Waals surface area contributed by atoms with Gasteiger partial charge in [-0.15, -0.1) is 0 Å². The van der Waals surface area contributed by atoms with Crippen molar-refractivity contribution in [3.63, 3.8) is 0 Å². The third-order valence-electron chi connectivity index (χ3n) is 9.15. The van der Waals surface area contributed by atoms with Crippen molar-refractivity contribution in [1.29, 1.82) is 0 Å². The van der Waals surface area contributed by atoms with E-state index >= 15 is 0 Å². The van der Waals surface area contributed by atoms with Crippen LogP contribution in [0.3, 0.4) is 0 Å². The van der Waals surface area contributed by atoms with Crippen molar-refractivity contribution in [2.45, 2.75) is 70.5 Å². The Bertz CT molecular complexity index is 776. The van der Waals surface area contributed by atoms with Gasteiger partial charge in [0, 0.05) is 23.3 Å². The minimum Gasteiger partial charge on any atom is -0.481 e. The number of thioether (sulfide) groups is 1. The first-order valence-electron chi connectivity index (χ1n) is 11.4. The minimum atomic E-state index is -0.769. The summed E-state index contributed by atoms with van der Waals surface area (Å²) in [5.41, 5.74) is 1.25. The van der Waals surface area contributed by atoms with Gasteiger partial charge in [-0.1, -0.05) is 19.4 Å². The molecule has 3 unspecified atom stereocenters. The molecule has 166 valence electrons. The van der Waals surface area contributed by atoms with E-state index in [0.29, 0.717) is 35.2 Å². The van der Waals surface area contributed by atoms with Gasteiger partial charge in [0.05, 0.1) is 6.42 Å². The van der Waals surface area contributed by atoms with E-state index in [1.165, 1.54) is 5.57 Å². The summed E-state index contributed by atoms with van der Waals surface area (Å²) in [6, 6.07) is 0. The lowest BCUT2D eigenvalue weighted by atomic mass is 9.46. The summed E-state index contributed by atoms with van der Waals surface area (Å²) < 4.78 is 0. The fraction of sp³-hybridized carbons (Fsp3) is 0.792. The van der Waals surface area contributed by atoms with E-state index in [1.54, 1.807) is 11.8 Å². The molecule has 4 aliphatic rings. The van der Waals surface area contributed by atoms with Crippen molar-refractivity contribution in [3.05, 3.63) is 11.6 Å². The summed E-state index contributed by atoms with van der Waals surface area (Å²) in [5.74, 6) is 1.32. The molecular weight excluding hydrogens is 400 g/mol. The van der Waals surface area contributed by atoms with Crippen LogP contribution in [0.15, 0.2) is 11.6 Å². The fourth-order valence-corrected chi connectivity index (χ4v) is 9.10. The Hall–Kier alpha value is -1.14. The van der Waals surface area contributed by atoms with Gasteiger partial charge in [0.25, 0.3) is 0 Å². The van der Waals surface area contributed by atoms with Gasteiger partial charge in [-0.3, -0.25) is 14.4 Å². The van der Waals surface area contributed by atoms with Gasteiger partial charge in [-0.05, 0) is 73.2 Å². The third-order valence-corrected chi connectivity index (χ3v) is 10.5. The number of aliphatic hydroxyl groups is 1. The number of hydrogen-bond acceptors (Lipinski definition) is 5. The molecule has 0 amide bonds. The maximum atomic E-state index is 12.5. The first-order chi connectivity index (χ1) is 14.2. The number of aliphatic hydroxyl groups excluding tert-OH is 1. The molecule has 30 heavy (non-hydrogen) atoms. The molecule has 0 aromatic carbocycles. The summed E-state index contributed by atoms with van der Waals surface area (Å²) >= 11 is 1.76. The average Bonchev–Trinajstić information content (AvgIpc) is 3.05. The van der Waals surface area contributed by atoms with Crippen molar-refractivity contribution in [2.24, 2.45) is 34.5 Å². The van der Waals surface area contributed by atoms with Crippen LogP contribution in [0, 0.1) is 34.5 Å². The van der Waals surface area contributed by atoms with Crippen LogP contribution in [0.25, 0.3) is 0 Å². The Labute approximate surface area is 183 Å². The van der Waals surface area contributed by atoms with Crippen molar-refractivity contribution in [2.75, 3.05) is 12.4 Å². The molecule has 2 N–H and O–H groups in total. The smallest absolute Gasteiger partial charge is 0.304 e. The van der Waals surface area contributed by atoms with E-state index < -0.39 is 5.97 Å². The predicted octanol–water partition coefficient (Wildman–Crippen LogP) is 3.88. The maximum absolute atomic E-state index is 12.5. The summed E-state index contributed by atoms with van der Waals surface area (Å²) in [7, 11) is 0. The Balaban J connectivity index is 1.68. The predicted molar refractivity (Wildman–Crippen MR) is 116 cm³/mol. The van der Waals surface area contributed by atoms with Crippen LogP contribution in [-0.2, 0) is 14.4 Å². The standard InChI is InChI=1S/C24H34O5S/c1-23-8-5-15(26)11-14(23)12-20(30-10-7-21(28)29)22-17-4-3-16(19(27)13-25)24(17,2)9-6-18(22)23/h11,16-18,20,22,25H,3-10,12-13H2,1-2H3,(H,28,29)/t16-,17?,18?,20-,22?,23+,24-/m1/s1. The number of allylic oxidation sites excluding steroid dienone is 1. The molecule has 4 rings (SSSR count). The van der Waals surface area contributed by atoms with E-state index in [1.807, 2.05) is 6.08 Å². The zero-order valence-corrected chi connectivity index (χ0v) is 18.9. The molecule has 7 atom stereocenters. The Kier molecular flexibility index (Phi) is 5.95. The lowest BCUT2D eigenvalue weighted by molar-refractivity contribution is -0.136. The maximum Gasteiger partial charge on any atom is 0.304 e. The highest BCUT2D eigenvalue weighted by Gasteiger charge is 2.62. The number of carboxylic acids is 1. The number of carbonyl (C=O) groups is 3. The number of aliphatic carboxylic acids is 1. The number of fused-ring (bicyclic) bond motifs is 5. The Morgan fingerprint density at radius 2 is 1.93 bits per heavy atom. The molecule has 0 heterocycles. The van der Waals surface area contributed by atoms with Crippen molar-refractivity contribution >= 4 is 29.3 Å². The molecule has 4 aliphatic carbocycles. The van der Waals surface area contributed by atoms with Crippen LogP contribution in [0.5, 0.6) is 0 Å². The number of ketones is 2. The van der Waals surface area contributed by atoms with Crippen LogP contribution in [-0.4, -0.2) is 45.4 Å². The average molecular weight is 435 g/mol. The first kappa shape index (κ1) is 22.1. The lowest BCUT2D eigenvalue weighted by Crippen LogP contribution is -2.55. The zero-order chi connectivity index (χ0) is 21.7. The number of carboxylic acid groups (broad SMARTS) is 1. The highest BCUT2D eigenvalue weighted by atomic mass is 32.2. The summed E-state index contributed by atoms with van der Waals surface area (Å²) in [6.45, 7) is 4.23. The van der Waals surface area contributed by atoms with E-state index in [2.05, 4.69) is 13.8 Å². The van der Waals surface area contributed by atoms with Gasteiger partial charge in [0.15, 0.2) is 11.6 Å². The van der Waals surface area contributed by atoms with Gasteiger partial charge < -0.3 is 10.2 Å². The molecule has 3 saturated carbocycles. The summed E-state index contributed by atoms with van der Waals surface area (Å²) in [6.07, 6.45) is 8.35. The van der Waals surface area contributed by atoms with Gasteiger partial charge >= 0.3 is 5.97 Å². The van der Waals surface area contributed by atoms with Crippen molar-refractivity contribution < 1.29 is 24.6 Å². The van der Waals surface area contributed by atoms with Gasteiger partial charge in [-0.2, -0.15) is 11.8 Å². The molecule has 0 saturated heterocycles. The number of rotatable bonds is 6. The van der Waals surface area contributed by atoms with Crippen molar-refractivity contribution in [1.82, 2.24) is 0 Å². The quantitative estimate of drug-likeness (QED) is 0.659. The number of hydrogen-bond donors (Lipinski definition) is 2. The Morgan fingerprint density at radius 1 is 1.17 bits per heavy atom. The second kappa shape index (κ2) is 8.09. The summed E-state index contributed by atoms with van der Waals surface area (Å²) in [4.78, 5) is 35.8. The highest BCUT2D eigenvalue weighted by Crippen LogP contribution is 2.68. The van der Waals surface area contributed by atoms with Crippen molar-refractivity contribution in [3.8, 4) is 0 Å². The molecular formula is C24H34O5S. The monoisotopic (exact) mass is 434 g/mol. The fourth-order valence-electron chi connectivity index (χ4n) is 7.61. The van der Waals surface area contributed by atoms with E-state index in [0.717, 1.165) is 38.5 Å². The van der Waals surface area contributed by atoms with E-state index in [9.17, 15) is 19.5 Å². The van der Waals surface area contributed by atoms with Gasteiger partial charge in [0.1, 0.15) is 6.61 Å². The molecule has 0 aromatic rings. The molecule has 0 bridgehead atoms. The van der Waals surface area contributed by atoms with Crippen LogP contribution >= 0.6 is 11.8 Å². The minimum absolute atomic E-state index is 0.0144. The normalized spacial score (nSPS) is 42.7. The summed E-state index contributed by atoms with van der Waals surface area (Å²) in [5, 5.41) is 18.9. The second-order valence-electron chi connectivity index (χ2n) is 10.4. The third kappa shape index (κ3) is 3.48.